The van der Waals surface area contributed by atoms with E-state index in [1.165, 1.54) is 11.7 Å². The Morgan fingerprint density at radius 1 is 1.12 bits per heavy atom. The van der Waals surface area contributed by atoms with Crippen LogP contribution in [-0.4, -0.2) is 20.7 Å². The summed E-state index contributed by atoms with van der Waals surface area (Å²) in [5, 5.41) is 9.06. The van der Waals surface area contributed by atoms with E-state index >= 15 is 0 Å². The van der Waals surface area contributed by atoms with Crippen LogP contribution in [0.1, 0.15) is 10.5 Å². The number of hydrogen-bond acceptors (Lipinski definition) is 3. The molecule has 1 amide bonds. The number of aryl methyl sites for hydroxylation is 1. The number of amides is 1. The van der Waals surface area contributed by atoms with Gasteiger partial charge in [-0.15, -0.1) is 0 Å². The van der Waals surface area contributed by atoms with Crippen LogP contribution in [-0.2, 0) is 7.05 Å². The van der Waals surface area contributed by atoms with Crippen LogP contribution in [0.2, 0.25) is 0 Å². The van der Waals surface area contributed by atoms with Crippen LogP contribution >= 0.6 is 0 Å². The van der Waals surface area contributed by atoms with E-state index in [1.807, 2.05) is 30.5 Å². The van der Waals surface area contributed by atoms with Gasteiger partial charge < -0.3 is 10.3 Å². The molecule has 0 unspecified atom stereocenters. The van der Waals surface area contributed by atoms with Gasteiger partial charge in [-0.05, 0) is 29.7 Å². The van der Waals surface area contributed by atoms with Crippen molar-refractivity contribution in [1.82, 2.24) is 14.8 Å². The van der Waals surface area contributed by atoms with Gasteiger partial charge in [0, 0.05) is 29.8 Å². The average molecular weight is 318 g/mol. The van der Waals surface area contributed by atoms with Crippen molar-refractivity contribution in [2.24, 2.45) is 7.05 Å². The fourth-order valence-electron chi connectivity index (χ4n) is 2.78. The van der Waals surface area contributed by atoms with E-state index in [0.717, 1.165) is 10.9 Å². The summed E-state index contributed by atoms with van der Waals surface area (Å²) >= 11 is 0. The zero-order valence-corrected chi connectivity index (χ0v) is 12.9. The van der Waals surface area contributed by atoms with Crippen molar-refractivity contribution < 1.29 is 4.79 Å². The number of fused-ring (bicyclic) bond motifs is 2. The first-order valence-corrected chi connectivity index (χ1v) is 7.48. The van der Waals surface area contributed by atoms with Crippen molar-refractivity contribution in [1.29, 1.82) is 0 Å². The fourth-order valence-corrected chi connectivity index (χ4v) is 2.78. The number of benzene rings is 2. The molecular formula is C18H14N4O2. The van der Waals surface area contributed by atoms with Crippen LogP contribution in [0.3, 0.4) is 0 Å². The molecule has 0 saturated heterocycles. The molecule has 0 aliphatic heterocycles. The quantitative estimate of drug-likeness (QED) is 0.596. The Morgan fingerprint density at radius 2 is 1.92 bits per heavy atom. The third kappa shape index (κ3) is 2.25. The molecule has 0 spiro atoms. The molecule has 2 heterocycles. The summed E-state index contributed by atoms with van der Waals surface area (Å²) in [7, 11) is 1.54. The number of aromatic amines is 1. The van der Waals surface area contributed by atoms with E-state index in [2.05, 4.69) is 15.4 Å². The monoisotopic (exact) mass is 318 g/mol. The number of H-pyrrole nitrogens is 1. The topological polar surface area (TPSA) is 79.8 Å². The predicted octanol–water partition coefficient (Wildman–Crippen LogP) is 2.67. The van der Waals surface area contributed by atoms with Crippen LogP contribution in [0.25, 0.3) is 21.7 Å². The minimum atomic E-state index is -0.354. The molecule has 4 aromatic rings. The Kier molecular flexibility index (Phi) is 3.16. The zero-order chi connectivity index (χ0) is 16.7. The maximum absolute atomic E-state index is 12.7. The van der Waals surface area contributed by atoms with Gasteiger partial charge >= 0.3 is 0 Å². The Morgan fingerprint density at radius 3 is 2.75 bits per heavy atom. The highest BCUT2D eigenvalue weighted by atomic mass is 16.2. The summed E-state index contributed by atoms with van der Waals surface area (Å²) < 4.78 is 1.19. The Balaban J connectivity index is 1.78. The van der Waals surface area contributed by atoms with Crippen LogP contribution in [0.15, 0.2) is 59.5 Å². The van der Waals surface area contributed by atoms with E-state index in [9.17, 15) is 9.59 Å². The van der Waals surface area contributed by atoms with E-state index in [4.69, 9.17) is 0 Å². The number of rotatable bonds is 2. The SMILES string of the molecule is Cn1nc(C(=O)Nc2ccc3cc[nH]c3c2)c2ccccc2c1=O. The molecule has 6 nitrogen and oxygen atoms in total. The van der Waals surface area contributed by atoms with E-state index < -0.39 is 0 Å². The summed E-state index contributed by atoms with van der Waals surface area (Å²) in [5.41, 5.74) is 1.59. The van der Waals surface area contributed by atoms with Gasteiger partial charge in [0.1, 0.15) is 0 Å². The number of aromatic nitrogens is 3. The maximum atomic E-state index is 12.7. The third-order valence-corrected chi connectivity index (χ3v) is 3.98. The Labute approximate surface area is 136 Å². The predicted molar refractivity (Wildman–Crippen MR) is 93.2 cm³/mol. The highest BCUT2D eigenvalue weighted by Crippen LogP contribution is 2.19. The first kappa shape index (κ1) is 14.2. The van der Waals surface area contributed by atoms with Crippen molar-refractivity contribution in [2.75, 3.05) is 5.32 Å². The molecule has 6 heteroatoms. The van der Waals surface area contributed by atoms with Gasteiger partial charge in [-0.2, -0.15) is 5.10 Å². The van der Waals surface area contributed by atoms with Crippen molar-refractivity contribution in [3.8, 4) is 0 Å². The lowest BCUT2D eigenvalue weighted by atomic mass is 10.1. The fraction of sp³-hybridized carbons (Fsp3) is 0.0556. The van der Waals surface area contributed by atoms with Crippen LogP contribution in [0.4, 0.5) is 5.69 Å². The molecule has 0 atom stereocenters. The first-order valence-electron chi connectivity index (χ1n) is 7.48. The van der Waals surface area contributed by atoms with Gasteiger partial charge in [0.25, 0.3) is 11.5 Å². The number of carbonyl (C=O) groups is 1. The van der Waals surface area contributed by atoms with Crippen LogP contribution in [0.5, 0.6) is 0 Å². The highest BCUT2D eigenvalue weighted by molar-refractivity contribution is 6.11. The summed E-state index contributed by atoms with van der Waals surface area (Å²) in [6.45, 7) is 0. The molecular weight excluding hydrogens is 304 g/mol. The second kappa shape index (κ2) is 5.34. The van der Waals surface area contributed by atoms with Crippen molar-refractivity contribution in [3.63, 3.8) is 0 Å². The third-order valence-electron chi connectivity index (χ3n) is 3.98. The Hall–Kier alpha value is -3.41. The van der Waals surface area contributed by atoms with Gasteiger partial charge in [-0.3, -0.25) is 9.59 Å². The number of nitrogens with zero attached hydrogens (tertiary/aromatic N) is 2. The van der Waals surface area contributed by atoms with Gasteiger partial charge in [-0.1, -0.05) is 24.3 Å². The molecule has 0 radical (unpaired) electrons. The largest absolute Gasteiger partial charge is 0.361 e. The molecule has 0 fully saturated rings. The molecule has 4 rings (SSSR count). The van der Waals surface area contributed by atoms with E-state index in [0.29, 0.717) is 16.5 Å². The second-order valence-corrected chi connectivity index (χ2v) is 5.56. The lowest BCUT2D eigenvalue weighted by Gasteiger charge is -2.09. The van der Waals surface area contributed by atoms with Gasteiger partial charge in [0.05, 0.1) is 5.39 Å². The Bertz CT molecular complexity index is 1140. The summed E-state index contributed by atoms with van der Waals surface area (Å²) in [4.78, 5) is 27.9. The molecule has 2 aromatic carbocycles. The van der Waals surface area contributed by atoms with Crippen molar-refractivity contribution in [3.05, 3.63) is 70.8 Å². The zero-order valence-electron chi connectivity index (χ0n) is 12.9. The smallest absolute Gasteiger partial charge is 0.276 e. The van der Waals surface area contributed by atoms with E-state index in [-0.39, 0.29) is 17.2 Å². The average Bonchev–Trinajstić information content (AvgIpc) is 3.06. The van der Waals surface area contributed by atoms with Gasteiger partial charge in [-0.25, -0.2) is 4.68 Å². The molecule has 118 valence electrons. The normalized spacial score (nSPS) is 11.0. The summed E-state index contributed by atoms with van der Waals surface area (Å²) in [6.07, 6.45) is 1.85. The lowest BCUT2D eigenvalue weighted by molar-refractivity contribution is 0.102. The number of nitrogens with one attached hydrogen (secondary N) is 2. The highest BCUT2D eigenvalue weighted by Gasteiger charge is 2.15. The first-order chi connectivity index (χ1) is 11.6. The van der Waals surface area contributed by atoms with Crippen LogP contribution in [0, 0.1) is 0 Å². The maximum Gasteiger partial charge on any atom is 0.276 e. The molecule has 0 aliphatic rings. The minimum Gasteiger partial charge on any atom is -0.361 e. The molecule has 2 N–H and O–H groups in total. The van der Waals surface area contributed by atoms with Gasteiger partial charge in [0.2, 0.25) is 0 Å². The van der Waals surface area contributed by atoms with Crippen molar-refractivity contribution >= 4 is 33.3 Å². The van der Waals surface area contributed by atoms with Crippen molar-refractivity contribution in [2.45, 2.75) is 0 Å². The second-order valence-electron chi connectivity index (χ2n) is 5.56. The van der Waals surface area contributed by atoms with E-state index in [1.54, 1.807) is 24.3 Å². The van der Waals surface area contributed by atoms with Gasteiger partial charge in [0.15, 0.2) is 5.69 Å². The number of anilines is 1. The lowest BCUT2D eigenvalue weighted by Crippen LogP contribution is -2.25. The number of carbonyl (C=O) groups excluding carboxylic acids is 1. The number of hydrogen-bond donors (Lipinski definition) is 2. The molecule has 24 heavy (non-hydrogen) atoms. The molecule has 0 saturated carbocycles. The standard InChI is InChI=1S/C18H14N4O2/c1-22-18(24)14-5-3-2-4-13(14)16(21-22)17(23)20-12-7-6-11-8-9-19-15(11)10-12/h2-10,19H,1H3,(H,20,23). The summed E-state index contributed by atoms with van der Waals surface area (Å²) in [5.74, 6) is -0.354. The molecule has 0 aliphatic carbocycles. The molecule has 0 bridgehead atoms. The minimum absolute atomic E-state index is 0.222. The van der Waals surface area contributed by atoms with Crippen LogP contribution < -0.4 is 10.9 Å². The summed E-state index contributed by atoms with van der Waals surface area (Å²) in [6, 6.07) is 14.6. The molecule has 2 aromatic heterocycles.